The number of hydrogen-bond acceptors (Lipinski definition) is 3. The SMILES string of the molecule is CNC(=O)c1cc(NC(=O)CCl)ccc1O. The third-order valence-electron chi connectivity index (χ3n) is 1.87. The molecule has 0 saturated carbocycles. The summed E-state index contributed by atoms with van der Waals surface area (Å²) >= 11 is 5.32. The predicted octanol–water partition coefficient (Wildman–Crippen LogP) is 0.929. The van der Waals surface area contributed by atoms with Crippen LogP contribution in [-0.2, 0) is 4.79 Å². The monoisotopic (exact) mass is 242 g/mol. The van der Waals surface area contributed by atoms with Crippen molar-refractivity contribution < 1.29 is 14.7 Å². The van der Waals surface area contributed by atoms with Gasteiger partial charge in [0.25, 0.3) is 5.91 Å². The highest BCUT2D eigenvalue weighted by Crippen LogP contribution is 2.21. The van der Waals surface area contributed by atoms with Crippen LogP contribution in [0.3, 0.4) is 0 Å². The number of alkyl halides is 1. The number of anilines is 1. The molecule has 1 aromatic rings. The molecule has 1 rings (SSSR count). The normalized spacial score (nSPS) is 9.62. The smallest absolute Gasteiger partial charge is 0.254 e. The zero-order valence-corrected chi connectivity index (χ0v) is 9.34. The van der Waals surface area contributed by atoms with Crippen LogP contribution in [0.15, 0.2) is 18.2 Å². The number of rotatable bonds is 3. The zero-order chi connectivity index (χ0) is 12.1. The maximum absolute atomic E-state index is 11.3. The summed E-state index contributed by atoms with van der Waals surface area (Å²) in [5, 5.41) is 14.3. The van der Waals surface area contributed by atoms with Gasteiger partial charge >= 0.3 is 0 Å². The third kappa shape index (κ3) is 2.87. The molecule has 1 aromatic carbocycles. The summed E-state index contributed by atoms with van der Waals surface area (Å²) in [4.78, 5) is 22.3. The van der Waals surface area contributed by atoms with Gasteiger partial charge < -0.3 is 15.7 Å². The fourth-order valence-electron chi connectivity index (χ4n) is 1.12. The van der Waals surface area contributed by atoms with Crippen molar-refractivity contribution in [1.29, 1.82) is 0 Å². The van der Waals surface area contributed by atoms with E-state index in [0.29, 0.717) is 5.69 Å². The molecule has 0 aromatic heterocycles. The van der Waals surface area contributed by atoms with Crippen LogP contribution in [0.2, 0.25) is 0 Å². The van der Waals surface area contributed by atoms with Crippen LogP contribution >= 0.6 is 11.6 Å². The van der Waals surface area contributed by atoms with Gasteiger partial charge in [-0.1, -0.05) is 0 Å². The molecule has 0 heterocycles. The number of carbonyl (C=O) groups excluding carboxylic acids is 2. The lowest BCUT2D eigenvalue weighted by atomic mass is 10.1. The Balaban J connectivity index is 2.98. The molecule has 0 aliphatic carbocycles. The van der Waals surface area contributed by atoms with Gasteiger partial charge in [-0.25, -0.2) is 0 Å². The van der Waals surface area contributed by atoms with Gasteiger partial charge in [0.1, 0.15) is 11.6 Å². The van der Waals surface area contributed by atoms with Gasteiger partial charge in [-0.3, -0.25) is 9.59 Å². The van der Waals surface area contributed by atoms with Crippen LogP contribution in [0.4, 0.5) is 5.69 Å². The highest BCUT2D eigenvalue weighted by atomic mass is 35.5. The minimum absolute atomic E-state index is 0.0925. The molecule has 5 nitrogen and oxygen atoms in total. The molecule has 0 aliphatic rings. The molecule has 86 valence electrons. The third-order valence-corrected chi connectivity index (χ3v) is 2.12. The number of aromatic hydroxyl groups is 1. The molecule has 3 N–H and O–H groups in total. The number of halogens is 1. The van der Waals surface area contributed by atoms with E-state index in [1.54, 1.807) is 0 Å². The molecule has 16 heavy (non-hydrogen) atoms. The van der Waals surface area contributed by atoms with Gasteiger partial charge in [0.05, 0.1) is 5.56 Å². The van der Waals surface area contributed by atoms with E-state index in [1.807, 2.05) is 0 Å². The summed E-state index contributed by atoms with van der Waals surface area (Å²) in [5.74, 6) is -1.13. The van der Waals surface area contributed by atoms with E-state index >= 15 is 0 Å². The first-order chi connectivity index (χ1) is 7.58. The van der Waals surface area contributed by atoms with Gasteiger partial charge in [-0.2, -0.15) is 0 Å². The van der Waals surface area contributed by atoms with E-state index in [4.69, 9.17) is 11.6 Å². The average Bonchev–Trinajstić information content (AvgIpc) is 2.30. The molecule has 2 amide bonds. The van der Waals surface area contributed by atoms with Crippen LogP contribution in [-0.4, -0.2) is 29.8 Å². The quantitative estimate of drug-likeness (QED) is 0.545. The van der Waals surface area contributed by atoms with E-state index in [9.17, 15) is 14.7 Å². The predicted molar refractivity (Wildman–Crippen MR) is 60.8 cm³/mol. The van der Waals surface area contributed by atoms with Crippen molar-refractivity contribution >= 4 is 29.1 Å². The first-order valence-electron chi connectivity index (χ1n) is 4.49. The molecule has 0 bridgehead atoms. The lowest BCUT2D eigenvalue weighted by molar-refractivity contribution is -0.113. The van der Waals surface area contributed by atoms with Crippen LogP contribution < -0.4 is 10.6 Å². The van der Waals surface area contributed by atoms with Crippen molar-refractivity contribution in [2.24, 2.45) is 0 Å². The van der Waals surface area contributed by atoms with Crippen molar-refractivity contribution in [2.75, 3.05) is 18.2 Å². The Morgan fingerprint density at radius 2 is 2.12 bits per heavy atom. The van der Waals surface area contributed by atoms with E-state index in [0.717, 1.165) is 0 Å². The standard InChI is InChI=1S/C10H11ClN2O3/c1-12-10(16)7-4-6(2-3-8(7)14)13-9(15)5-11/h2-4,14H,5H2,1H3,(H,12,16)(H,13,15). The molecule has 6 heteroatoms. The maximum atomic E-state index is 11.3. The van der Waals surface area contributed by atoms with Gasteiger partial charge in [-0.05, 0) is 18.2 Å². The van der Waals surface area contributed by atoms with Gasteiger partial charge in [-0.15, -0.1) is 11.6 Å². The molecule has 0 unspecified atom stereocenters. The number of amides is 2. The van der Waals surface area contributed by atoms with Gasteiger partial charge in [0.15, 0.2) is 0 Å². The molecule has 0 radical (unpaired) electrons. The number of carbonyl (C=O) groups is 2. The van der Waals surface area contributed by atoms with E-state index in [1.165, 1.54) is 25.2 Å². The Bertz CT molecular complexity index is 421. The minimum Gasteiger partial charge on any atom is -0.507 e. The summed E-state index contributed by atoms with van der Waals surface area (Å²) in [6.45, 7) is 0. The Hall–Kier alpha value is -1.75. The Kier molecular flexibility index (Phi) is 4.13. The second kappa shape index (κ2) is 5.37. The second-order valence-electron chi connectivity index (χ2n) is 2.99. The highest BCUT2D eigenvalue weighted by Gasteiger charge is 2.11. The number of hydrogen-bond donors (Lipinski definition) is 3. The summed E-state index contributed by atoms with van der Waals surface area (Å²) in [5.41, 5.74) is 0.497. The molecule has 0 saturated heterocycles. The first-order valence-corrected chi connectivity index (χ1v) is 5.03. The van der Waals surface area contributed by atoms with Crippen LogP contribution in [0.5, 0.6) is 5.75 Å². The summed E-state index contributed by atoms with van der Waals surface area (Å²) in [6, 6.07) is 4.18. The fraction of sp³-hybridized carbons (Fsp3) is 0.200. The van der Waals surface area contributed by atoms with Crippen molar-refractivity contribution in [3.63, 3.8) is 0 Å². The van der Waals surface area contributed by atoms with Gasteiger partial charge in [0, 0.05) is 12.7 Å². The minimum atomic E-state index is -0.431. The summed E-state index contributed by atoms with van der Waals surface area (Å²) in [6.07, 6.45) is 0. The summed E-state index contributed by atoms with van der Waals surface area (Å²) < 4.78 is 0. The van der Waals surface area contributed by atoms with E-state index in [2.05, 4.69) is 10.6 Å². The van der Waals surface area contributed by atoms with Crippen LogP contribution in [0.25, 0.3) is 0 Å². The largest absolute Gasteiger partial charge is 0.507 e. The second-order valence-corrected chi connectivity index (χ2v) is 3.26. The first kappa shape index (κ1) is 12.3. The zero-order valence-electron chi connectivity index (χ0n) is 8.58. The summed E-state index contributed by atoms with van der Waals surface area (Å²) in [7, 11) is 1.45. The van der Waals surface area contributed by atoms with Crippen molar-refractivity contribution in [1.82, 2.24) is 5.32 Å². The maximum Gasteiger partial charge on any atom is 0.254 e. The Labute approximate surface area is 97.4 Å². The molecule has 0 fully saturated rings. The fourth-order valence-corrected chi connectivity index (χ4v) is 1.19. The van der Waals surface area contributed by atoms with E-state index < -0.39 is 5.91 Å². The van der Waals surface area contributed by atoms with Crippen LogP contribution in [0, 0.1) is 0 Å². The van der Waals surface area contributed by atoms with Crippen LogP contribution in [0.1, 0.15) is 10.4 Å². The number of phenolic OH excluding ortho intramolecular Hbond substituents is 1. The lowest BCUT2D eigenvalue weighted by Crippen LogP contribution is -2.19. The van der Waals surface area contributed by atoms with Crippen molar-refractivity contribution in [2.45, 2.75) is 0 Å². The average molecular weight is 243 g/mol. The Morgan fingerprint density at radius 3 is 2.69 bits per heavy atom. The highest BCUT2D eigenvalue weighted by molar-refractivity contribution is 6.29. The molecular weight excluding hydrogens is 232 g/mol. The lowest BCUT2D eigenvalue weighted by Gasteiger charge is -2.07. The number of phenols is 1. The molecule has 0 aliphatic heterocycles. The molecule has 0 atom stereocenters. The van der Waals surface area contributed by atoms with Crippen molar-refractivity contribution in [3.05, 3.63) is 23.8 Å². The van der Waals surface area contributed by atoms with E-state index in [-0.39, 0.29) is 23.1 Å². The van der Waals surface area contributed by atoms with Crippen molar-refractivity contribution in [3.8, 4) is 5.75 Å². The number of benzene rings is 1. The Morgan fingerprint density at radius 1 is 1.44 bits per heavy atom. The number of nitrogens with one attached hydrogen (secondary N) is 2. The molecular formula is C10H11ClN2O3. The topological polar surface area (TPSA) is 78.4 Å². The van der Waals surface area contributed by atoms with Gasteiger partial charge in [0.2, 0.25) is 5.91 Å². The molecule has 0 spiro atoms.